The lowest BCUT2D eigenvalue weighted by Crippen LogP contribution is -2.30. The van der Waals surface area contributed by atoms with Gasteiger partial charge in [0.25, 0.3) is 5.91 Å². The Balaban J connectivity index is 1.37. The largest absolute Gasteiger partial charge is 0.350 e. The summed E-state index contributed by atoms with van der Waals surface area (Å²) in [5, 5.41) is 13.7. The van der Waals surface area contributed by atoms with E-state index in [-0.39, 0.29) is 17.8 Å². The second-order valence-electron chi connectivity index (χ2n) is 9.82. The van der Waals surface area contributed by atoms with Crippen LogP contribution in [0.15, 0.2) is 66.9 Å². The Morgan fingerprint density at radius 3 is 2.78 bits per heavy atom. The number of hydrogen-bond acceptors (Lipinski definition) is 3. The summed E-state index contributed by atoms with van der Waals surface area (Å²) in [5.74, 6) is 0.275. The zero-order valence-corrected chi connectivity index (χ0v) is 20.2. The van der Waals surface area contributed by atoms with E-state index in [1.165, 1.54) is 25.0 Å². The van der Waals surface area contributed by atoms with Crippen molar-refractivity contribution in [3.63, 3.8) is 0 Å². The standard InChI is InChI=1S/C29H28FN5O/c1-33-18-24(29(36)34-14-3-6-26(34)21-4-2-5-22(30)16-21)23-17-20(9-11-27(23)33)25-10-12-28(31)35(32-25)15-13-19-7-8-19/h2,4-5,9-13,15-19,26,31H,3,6-8,14H2,1H3/b15-13+,31-28?. The summed E-state index contributed by atoms with van der Waals surface area (Å²) >= 11 is 0. The molecule has 6 nitrogen and oxygen atoms in total. The van der Waals surface area contributed by atoms with Crippen LogP contribution in [0.4, 0.5) is 4.39 Å². The minimum Gasteiger partial charge on any atom is -0.350 e. The molecule has 2 aromatic carbocycles. The average molecular weight is 482 g/mol. The van der Waals surface area contributed by atoms with Gasteiger partial charge in [0, 0.05) is 42.5 Å². The molecular formula is C29H28FN5O. The van der Waals surface area contributed by atoms with E-state index in [1.54, 1.807) is 16.8 Å². The summed E-state index contributed by atoms with van der Waals surface area (Å²) < 4.78 is 17.5. The maximum absolute atomic E-state index is 13.9. The number of nitrogens with zero attached hydrogens (tertiary/aromatic N) is 4. The SMILES string of the molecule is Cn1cc(C(=O)N2CCCC2c2cccc(F)c2)c2cc(-c3ccc(=N)n(/C=C/C4CC4)n3)ccc21. The lowest BCUT2D eigenvalue weighted by molar-refractivity contribution is 0.0737. The van der Waals surface area contributed by atoms with E-state index >= 15 is 0 Å². The van der Waals surface area contributed by atoms with Crippen LogP contribution in [-0.2, 0) is 7.05 Å². The van der Waals surface area contributed by atoms with Gasteiger partial charge in [0.1, 0.15) is 11.3 Å². The molecule has 1 atom stereocenters. The second-order valence-corrected chi connectivity index (χ2v) is 9.82. The highest BCUT2D eigenvalue weighted by molar-refractivity contribution is 6.08. The van der Waals surface area contributed by atoms with Gasteiger partial charge in [0.15, 0.2) is 0 Å². The summed E-state index contributed by atoms with van der Waals surface area (Å²) in [5.41, 5.74) is 4.39. The number of halogens is 1. The predicted molar refractivity (Wildman–Crippen MR) is 137 cm³/mol. The zero-order valence-electron chi connectivity index (χ0n) is 20.2. The summed E-state index contributed by atoms with van der Waals surface area (Å²) in [7, 11) is 1.94. The molecule has 2 aliphatic rings. The summed E-state index contributed by atoms with van der Waals surface area (Å²) in [4.78, 5) is 15.7. The topological polar surface area (TPSA) is 66.9 Å². The van der Waals surface area contributed by atoms with Crippen molar-refractivity contribution in [3.8, 4) is 11.3 Å². The van der Waals surface area contributed by atoms with Gasteiger partial charge in [-0.3, -0.25) is 10.2 Å². The maximum atomic E-state index is 13.9. The number of likely N-dealkylation sites (tertiary alicyclic amines) is 1. The van der Waals surface area contributed by atoms with E-state index in [0.717, 1.165) is 40.6 Å². The Hall–Kier alpha value is -4.00. The molecule has 1 aliphatic heterocycles. The van der Waals surface area contributed by atoms with Crippen molar-refractivity contribution in [1.29, 1.82) is 5.41 Å². The van der Waals surface area contributed by atoms with Crippen molar-refractivity contribution >= 4 is 23.0 Å². The van der Waals surface area contributed by atoms with Crippen molar-refractivity contribution in [3.05, 3.63) is 89.3 Å². The van der Waals surface area contributed by atoms with Crippen LogP contribution in [0.3, 0.4) is 0 Å². The highest BCUT2D eigenvalue weighted by atomic mass is 19.1. The molecule has 3 heterocycles. The van der Waals surface area contributed by atoms with Gasteiger partial charge in [-0.25, -0.2) is 9.07 Å². The Labute approximate surface area is 208 Å². The van der Waals surface area contributed by atoms with Crippen LogP contribution in [-0.4, -0.2) is 31.7 Å². The molecule has 7 heteroatoms. The molecule has 2 fully saturated rings. The summed E-state index contributed by atoms with van der Waals surface area (Å²) in [6, 6.07) is 16.1. The molecule has 1 unspecified atom stereocenters. The fourth-order valence-electron chi connectivity index (χ4n) is 5.14. The third-order valence-corrected chi connectivity index (χ3v) is 7.25. The van der Waals surface area contributed by atoms with Crippen molar-refractivity contribution in [2.75, 3.05) is 6.54 Å². The Bertz CT molecular complexity index is 1560. The number of rotatable bonds is 5. The number of fused-ring (bicyclic) bond motifs is 1. The molecule has 0 spiro atoms. The van der Waals surface area contributed by atoms with Crippen LogP contribution in [0, 0.1) is 17.1 Å². The number of benzene rings is 2. The van der Waals surface area contributed by atoms with Gasteiger partial charge in [0.2, 0.25) is 0 Å². The van der Waals surface area contributed by atoms with Crippen molar-refractivity contribution in [2.45, 2.75) is 31.7 Å². The first-order valence-electron chi connectivity index (χ1n) is 12.5. The van der Waals surface area contributed by atoms with Crippen LogP contribution >= 0.6 is 0 Å². The van der Waals surface area contributed by atoms with E-state index in [4.69, 9.17) is 5.41 Å². The van der Waals surface area contributed by atoms with E-state index < -0.39 is 0 Å². The quantitative estimate of drug-likeness (QED) is 0.408. The van der Waals surface area contributed by atoms with Gasteiger partial charge in [-0.2, -0.15) is 5.10 Å². The fraction of sp³-hybridized carbons (Fsp3) is 0.276. The molecule has 1 N–H and O–H groups in total. The monoisotopic (exact) mass is 481 g/mol. The number of allylic oxidation sites excluding steroid dienone is 1. The Morgan fingerprint density at radius 2 is 1.97 bits per heavy atom. The van der Waals surface area contributed by atoms with Crippen LogP contribution in [0.25, 0.3) is 28.4 Å². The smallest absolute Gasteiger partial charge is 0.256 e. The molecule has 1 amide bonds. The average Bonchev–Trinajstić information content (AvgIpc) is 3.47. The maximum Gasteiger partial charge on any atom is 0.256 e. The van der Waals surface area contributed by atoms with E-state index in [0.29, 0.717) is 23.5 Å². The van der Waals surface area contributed by atoms with Gasteiger partial charge in [-0.15, -0.1) is 0 Å². The number of carbonyl (C=O) groups is 1. The van der Waals surface area contributed by atoms with Gasteiger partial charge >= 0.3 is 0 Å². The molecule has 182 valence electrons. The number of carbonyl (C=O) groups excluding carboxylic acids is 1. The van der Waals surface area contributed by atoms with E-state index in [1.807, 2.05) is 59.2 Å². The van der Waals surface area contributed by atoms with Gasteiger partial charge < -0.3 is 9.47 Å². The van der Waals surface area contributed by atoms with E-state index in [9.17, 15) is 9.18 Å². The van der Waals surface area contributed by atoms with Crippen molar-refractivity contribution < 1.29 is 9.18 Å². The summed E-state index contributed by atoms with van der Waals surface area (Å²) in [6.45, 7) is 0.649. The van der Waals surface area contributed by atoms with Crippen molar-refractivity contribution in [1.82, 2.24) is 19.2 Å². The molecule has 1 aliphatic carbocycles. The molecule has 2 aromatic heterocycles. The molecular weight excluding hydrogens is 453 g/mol. The number of nitrogens with one attached hydrogen (secondary N) is 1. The number of amides is 1. The molecule has 0 bridgehead atoms. The molecule has 36 heavy (non-hydrogen) atoms. The molecule has 1 saturated carbocycles. The first kappa shape index (κ1) is 22.5. The van der Waals surface area contributed by atoms with Crippen LogP contribution < -0.4 is 5.49 Å². The normalized spacial score (nSPS) is 17.9. The first-order chi connectivity index (χ1) is 17.5. The minimum absolute atomic E-state index is 0.0404. The number of aromatic nitrogens is 3. The highest BCUT2D eigenvalue weighted by Gasteiger charge is 2.32. The highest BCUT2D eigenvalue weighted by Crippen LogP contribution is 2.35. The molecule has 1 saturated heterocycles. The van der Waals surface area contributed by atoms with Crippen LogP contribution in [0.5, 0.6) is 0 Å². The third kappa shape index (κ3) is 4.15. The Kier molecular flexibility index (Phi) is 5.55. The lowest BCUT2D eigenvalue weighted by Gasteiger charge is -2.25. The zero-order chi connectivity index (χ0) is 24.8. The van der Waals surface area contributed by atoms with E-state index in [2.05, 4.69) is 11.2 Å². The Morgan fingerprint density at radius 1 is 1.11 bits per heavy atom. The molecule has 6 rings (SSSR count). The van der Waals surface area contributed by atoms with Crippen LogP contribution in [0.1, 0.15) is 47.6 Å². The minimum atomic E-state index is -0.281. The van der Waals surface area contributed by atoms with Gasteiger partial charge in [0.05, 0.1) is 17.3 Å². The van der Waals surface area contributed by atoms with Gasteiger partial charge in [-0.1, -0.05) is 24.3 Å². The number of hydrogen-bond donors (Lipinski definition) is 1. The third-order valence-electron chi connectivity index (χ3n) is 7.25. The van der Waals surface area contributed by atoms with Crippen LogP contribution in [0.2, 0.25) is 0 Å². The first-order valence-corrected chi connectivity index (χ1v) is 12.5. The summed E-state index contributed by atoms with van der Waals surface area (Å²) in [6.07, 6.45) is 9.97. The molecule has 4 aromatic rings. The van der Waals surface area contributed by atoms with Crippen molar-refractivity contribution in [2.24, 2.45) is 13.0 Å². The second kappa shape index (κ2) is 8.90. The van der Waals surface area contributed by atoms with Gasteiger partial charge in [-0.05, 0) is 73.6 Å². The fourth-order valence-corrected chi connectivity index (χ4v) is 5.14. The lowest BCUT2D eigenvalue weighted by atomic mass is 10.0. The molecule has 0 radical (unpaired) electrons. The predicted octanol–water partition coefficient (Wildman–Crippen LogP) is 5.52. The number of aryl methyl sites for hydroxylation is 1.